The molecule has 2 rings (SSSR count). The van der Waals surface area contributed by atoms with Crippen molar-refractivity contribution in [3.8, 4) is 5.75 Å². The fourth-order valence-corrected chi connectivity index (χ4v) is 1.78. The second-order valence-electron chi connectivity index (χ2n) is 5.56. The quantitative estimate of drug-likeness (QED) is 0.892. The molecule has 0 radical (unpaired) electrons. The zero-order chi connectivity index (χ0) is 14.6. The van der Waals surface area contributed by atoms with Gasteiger partial charge in [0.25, 0.3) is 5.91 Å². The van der Waals surface area contributed by atoms with Gasteiger partial charge in [0, 0.05) is 12.1 Å². The van der Waals surface area contributed by atoms with Gasteiger partial charge >= 0.3 is 0 Å². The fraction of sp³-hybridized carbons (Fsp3) is 0.312. The van der Waals surface area contributed by atoms with E-state index in [0.29, 0.717) is 12.3 Å². The van der Waals surface area contributed by atoms with Gasteiger partial charge in [0.2, 0.25) is 0 Å². The molecule has 2 aromatic rings. The lowest BCUT2D eigenvalue weighted by atomic mass is 10.1. The number of carbonyl (C=O) groups is 1. The number of hydrogen-bond acceptors (Lipinski definition) is 3. The van der Waals surface area contributed by atoms with Gasteiger partial charge in [-0.25, -0.2) is 0 Å². The van der Waals surface area contributed by atoms with E-state index in [1.165, 1.54) is 0 Å². The van der Waals surface area contributed by atoms with Crippen LogP contribution in [0.25, 0.3) is 10.8 Å². The summed E-state index contributed by atoms with van der Waals surface area (Å²) in [5, 5.41) is 4.98. The van der Waals surface area contributed by atoms with Gasteiger partial charge in [-0.05, 0) is 36.8 Å². The number of halogens is 1. The first kappa shape index (κ1) is 17.3. The normalized spacial score (nSPS) is 10.8. The molecule has 0 bridgehead atoms. The van der Waals surface area contributed by atoms with Crippen molar-refractivity contribution < 1.29 is 9.53 Å². The summed E-state index contributed by atoms with van der Waals surface area (Å²) in [4.78, 5) is 11.6. The molecule has 5 heteroatoms. The molecule has 0 unspecified atom stereocenters. The third kappa shape index (κ3) is 5.61. The van der Waals surface area contributed by atoms with E-state index in [9.17, 15) is 4.79 Å². The molecule has 0 heterocycles. The van der Waals surface area contributed by atoms with Crippen molar-refractivity contribution in [1.82, 2.24) is 5.32 Å². The molecule has 0 atom stereocenters. The topological polar surface area (TPSA) is 64.3 Å². The molecule has 21 heavy (non-hydrogen) atoms. The molecule has 4 nitrogen and oxygen atoms in total. The van der Waals surface area contributed by atoms with Gasteiger partial charge in [-0.1, -0.05) is 30.3 Å². The SMILES string of the molecule is CC(C)(N)CNC(=O)COc1ccc2ccccc2c1.Cl. The van der Waals surface area contributed by atoms with Crippen LogP contribution in [0, 0.1) is 0 Å². The first-order chi connectivity index (χ1) is 9.44. The first-order valence-electron chi connectivity index (χ1n) is 6.61. The number of rotatable bonds is 5. The molecule has 0 spiro atoms. The first-order valence-corrected chi connectivity index (χ1v) is 6.61. The molecule has 0 fully saturated rings. The Morgan fingerprint density at radius 3 is 2.52 bits per heavy atom. The van der Waals surface area contributed by atoms with Crippen LogP contribution in [-0.4, -0.2) is 24.6 Å². The molecule has 0 aromatic heterocycles. The smallest absolute Gasteiger partial charge is 0.258 e. The highest BCUT2D eigenvalue weighted by Gasteiger charge is 2.12. The summed E-state index contributed by atoms with van der Waals surface area (Å²) in [6, 6.07) is 13.8. The lowest BCUT2D eigenvalue weighted by molar-refractivity contribution is -0.123. The highest BCUT2D eigenvalue weighted by molar-refractivity contribution is 5.85. The lowest BCUT2D eigenvalue weighted by Gasteiger charge is -2.18. The number of nitrogens with two attached hydrogens (primary N) is 1. The number of amides is 1. The molecule has 1 amide bonds. The Morgan fingerprint density at radius 2 is 1.86 bits per heavy atom. The van der Waals surface area contributed by atoms with Gasteiger partial charge in [0.15, 0.2) is 6.61 Å². The summed E-state index contributed by atoms with van der Waals surface area (Å²) >= 11 is 0. The van der Waals surface area contributed by atoms with Gasteiger partial charge in [-0.2, -0.15) is 0 Å². The summed E-state index contributed by atoms with van der Waals surface area (Å²) < 4.78 is 5.49. The lowest BCUT2D eigenvalue weighted by Crippen LogP contribution is -2.46. The Balaban J connectivity index is 0.00000220. The summed E-state index contributed by atoms with van der Waals surface area (Å²) in [5.41, 5.74) is 5.38. The summed E-state index contributed by atoms with van der Waals surface area (Å²) in [6.45, 7) is 4.14. The fourth-order valence-electron chi connectivity index (χ4n) is 1.78. The zero-order valence-corrected chi connectivity index (χ0v) is 13.1. The Labute approximate surface area is 131 Å². The van der Waals surface area contributed by atoms with E-state index in [0.717, 1.165) is 10.8 Å². The molecular formula is C16H21ClN2O2. The van der Waals surface area contributed by atoms with Crippen LogP contribution in [0.1, 0.15) is 13.8 Å². The molecular weight excluding hydrogens is 288 g/mol. The van der Waals surface area contributed by atoms with Crippen LogP contribution in [0.3, 0.4) is 0 Å². The van der Waals surface area contributed by atoms with Crippen molar-refractivity contribution in [2.24, 2.45) is 5.73 Å². The van der Waals surface area contributed by atoms with Crippen molar-refractivity contribution in [3.05, 3.63) is 42.5 Å². The average molecular weight is 309 g/mol. The van der Waals surface area contributed by atoms with Gasteiger partial charge in [-0.3, -0.25) is 4.79 Å². The van der Waals surface area contributed by atoms with E-state index in [-0.39, 0.29) is 24.9 Å². The number of nitrogens with one attached hydrogen (secondary N) is 1. The monoisotopic (exact) mass is 308 g/mol. The predicted octanol–water partition coefficient (Wildman–Crippen LogP) is 2.49. The summed E-state index contributed by atoms with van der Waals surface area (Å²) in [5.74, 6) is 0.516. The highest BCUT2D eigenvalue weighted by Crippen LogP contribution is 2.20. The summed E-state index contributed by atoms with van der Waals surface area (Å²) in [7, 11) is 0. The number of hydrogen-bond donors (Lipinski definition) is 2. The molecule has 0 aliphatic carbocycles. The van der Waals surface area contributed by atoms with Crippen molar-refractivity contribution in [2.75, 3.05) is 13.2 Å². The molecule has 0 aliphatic heterocycles. The van der Waals surface area contributed by atoms with Crippen molar-refractivity contribution >= 4 is 29.1 Å². The second kappa shape index (κ2) is 7.29. The van der Waals surface area contributed by atoms with Crippen LogP contribution in [0.15, 0.2) is 42.5 Å². The van der Waals surface area contributed by atoms with E-state index < -0.39 is 5.54 Å². The molecule has 3 N–H and O–H groups in total. The third-order valence-corrected chi connectivity index (χ3v) is 2.83. The number of fused-ring (bicyclic) bond motifs is 1. The van der Waals surface area contributed by atoms with Crippen LogP contribution >= 0.6 is 12.4 Å². The Hall–Kier alpha value is -1.78. The molecule has 0 saturated carbocycles. The van der Waals surface area contributed by atoms with E-state index in [1.807, 2.05) is 56.3 Å². The third-order valence-electron chi connectivity index (χ3n) is 2.83. The van der Waals surface area contributed by atoms with Crippen LogP contribution < -0.4 is 15.8 Å². The molecule has 0 aliphatic rings. The minimum atomic E-state index is -0.418. The standard InChI is InChI=1S/C16H20N2O2.ClH/c1-16(2,17)11-18-15(19)10-20-14-8-7-12-5-3-4-6-13(12)9-14;/h3-9H,10-11,17H2,1-2H3,(H,18,19);1H. The van der Waals surface area contributed by atoms with Gasteiger partial charge in [0.1, 0.15) is 5.75 Å². The Morgan fingerprint density at radius 1 is 1.19 bits per heavy atom. The van der Waals surface area contributed by atoms with Gasteiger partial charge in [-0.15, -0.1) is 12.4 Å². The minimum absolute atomic E-state index is 0. The van der Waals surface area contributed by atoms with Crippen LogP contribution in [0.5, 0.6) is 5.75 Å². The van der Waals surface area contributed by atoms with Gasteiger partial charge in [0.05, 0.1) is 0 Å². The second-order valence-corrected chi connectivity index (χ2v) is 5.56. The van der Waals surface area contributed by atoms with E-state index in [4.69, 9.17) is 10.5 Å². The average Bonchev–Trinajstić information content (AvgIpc) is 2.42. The van der Waals surface area contributed by atoms with E-state index >= 15 is 0 Å². The summed E-state index contributed by atoms with van der Waals surface area (Å²) in [6.07, 6.45) is 0. The van der Waals surface area contributed by atoms with Crippen molar-refractivity contribution in [3.63, 3.8) is 0 Å². The Bertz CT molecular complexity index is 608. The van der Waals surface area contributed by atoms with E-state index in [1.54, 1.807) is 0 Å². The van der Waals surface area contributed by atoms with Crippen molar-refractivity contribution in [1.29, 1.82) is 0 Å². The number of benzene rings is 2. The Kier molecular flexibility index (Phi) is 6.00. The maximum absolute atomic E-state index is 11.6. The maximum Gasteiger partial charge on any atom is 0.258 e. The van der Waals surface area contributed by atoms with Crippen LogP contribution in [0.4, 0.5) is 0 Å². The minimum Gasteiger partial charge on any atom is -0.484 e. The largest absolute Gasteiger partial charge is 0.484 e. The van der Waals surface area contributed by atoms with Gasteiger partial charge < -0.3 is 15.8 Å². The molecule has 0 saturated heterocycles. The number of ether oxygens (including phenoxy) is 1. The zero-order valence-electron chi connectivity index (χ0n) is 12.3. The van der Waals surface area contributed by atoms with Crippen molar-refractivity contribution in [2.45, 2.75) is 19.4 Å². The molecule has 114 valence electrons. The maximum atomic E-state index is 11.6. The molecule has 2 aromatic carbocycles. The highest BCUT2D eigenvalue weighted by atomic mass is 35.5. The van der Waals surface area contributed by atoms with E-state index in [2.05, 4.69) is 5.32 Å². The predicted molar refractivity (Wildman–Crippen MR) is 88.0 cm³/mol. The number of carbonyl (C=O) groups excluding carboxylic acids is 1. The van der Waals surface area contributed by atoms with Crippen LogP contribution in [0.2, 0.25) is 0 Å². The van der Waals surface area contributed by atoms with Crippen LogP contribution in [-0.2, 0) is 4.79 Å².